The Bertz CT molecular complexity index is 432. The fraction of sp³-hybridized carbons (Fsp3) is 0.182. The van der Waals surface area contributed by atoms with E-state index >= 15 is 0 Å². The molecule has 0 aliphatic heterocycles. The lowest BCUT2D eigenvalue weighted by Gasteiger charge is -2.01. The molecule has 0 heterocycles. The van der Waals surface area contributed by atoms with Crippen molar-refractivity contribution < 1.29 is 9.90 Å². The van der Waals surface area contributed by atoms with Crippen LogP contribution in [0.4, 0.5) is 0 Å². The Morgan fingerprint density at radius 2 is 2.27 bits per heavy atom. The molecule has 78 valence electrons. The summed E-state index contributed by atoms with van der Waals surface area (Å²) in [5.74, 6) is 4.81. The van der Waals surface area contributed by atoms with Crippen molar-refractivity contribution in [2.75, 3.05) is 5.33 Å². The Kier molecular flexibility index (Phi) is 4.67. The largest absolute Gasteiger partial charge is 0.481 e. The van der Waals surface area contributed by atoms with E-state index in [1.54, 1.807) is 18.2 Å². The number of hydrogen-bond donors (Lipinski definition) is 1. The van der Waals surface area contributed by atoms with E-state index in [9.17, 15) is 4.79 Å². The highest BCUT2D eigenvalue weighted by atomic mass is 79.9. The monoisotopic (exact) mass is 286 g/mol. The first-order valence-electron chi connectivity index (χ1n) is 4.18. The van der Waals surface area contributed by atoms with Gasteiger partial charge >= 0.3 is 5.97 Å². The first-order chi connectivity index (χ1) is 7.13. The summed E-state index contributed by atoms with van der Waals surface area (Å²) >= 11 is 8.98. The molecule has 4 heteroatoms. The number of aliphatic carboxylic acids is 1. The van der Waals surface area contributed by atoms with Gasteiger partial charge in [-0.25, -0.2) is 0 Å². The number of carboxylic acid groups (broad SMARTS) is 1. The third-order valence-corrected chi connectivity index (χ3v) is 2.22. The summed E-state index contributed by atoms with van der Waals surface area (Å²) in [6.07, 6.45) is -0.0382. The molecule has 0 aromatic heterocycles. The number of benzene rings is 1. The number of carboxylic acids is 1. The molecule has 0 atom stereocenters. The molecule has 0 saturated carbocycles. The second-order valence-corrected chi connectivity index (χ2v) is 3.80. The van der Waals surface area contributed by atoms with Crippen molar-refractivity contribution in [3.63, 3.8) is 0 Å². The molecule has 1 N–H and O–H groups in total. The fourth-order valence-electron chi connectivity index (χ4n) is 1.11. The molecule has 0 amide bonds. The number of hydrogen-bond acceptors (Lipinski definition) is 1. The smallest absolute Gasteiger partial charge is 0.307 e. The molecule has 1 rings (SSSR count). The molecule has 2 nitrogen and oxygen atoms in total. The fourth-order valence-corrected chi connectivity index (χ4v) is 1.42. The highest BCUT2D eigenvalue weighted by molar-refractivity contribution is 9.09. The van der Waals surface area contributed by atoms with Crippen LogP contribution in [0.2, 0.25) is 5.02 Å². The average molecular weight is 288 g/mol. The van der Waals surface area contributed by atoms with Gasteiger partial charge in [0.1, 0.15) is 0 Å². The van der Waals surface area contributed by atoms with E-state index in [0.717, 1.165) is 0 Å². The van der Waals surface area contributed by atoms with Crippen LogP contribution < -0.4 is 0 Å². The standard InChI is InChI=1S/C11H8BrClO2/c12-5-1-2-8-6-10(13)4-3-9(8)7-11(14)15/h3-4,6H,5,7H2,(H,14,15). The van der Waals surface area contributed by atoms with Crippen LogP contribution in [0.5, 0.6) is 0 Å². The zero-order valence-corrected chi connectivity index (χ0v) is 10.1. The van der Waals surface area contributed by atoms with Crippen LogP contribution in [0.1, 0.15) is 11.1 Å². The van der Waals surface area contributed by atoms with Crippen molar-refractivity contribution in [3.05, 3.63) is 34.3 Å². The van der Waals surface area contributed by atoms with Gasteiger partial charge in [0.2, 0.25) is 0 Å². The molecule has 0 unspecified atom stereocenters. The summed E-state index contributed by atoms with van der Waals surface area (Å²) in [5.41, 5.74) is 1.35. The highest BCUT2D eigenvalue weighted by Gasteiger charge is 2.05. The Morgan fingerprint density at radius 1 is 1.53 bits per heavy atom. The van der Waals surface area contributed by atoms with Gasteiger partial charge < -0.3 is 5.11 Å². The van der Waals surface area contributed by atoms with Gasteiger partial charge in [0.15, 0.2) is 0 Å². The molecule has 15 heavy (non-hydrogen) atoms. The van der Waals surface area contributed by atoms with E-state index in [0.29, 0.717) is 21.5 Å². The van der Waals surface area contributed by atoms with E-state index in [1.165, 1.54) is 0 Å². The van der Waals surface area contributed by atoms with E-state index in [-0.39, 0.29) is 6.42 Å². The van der Waals surface area contributed by atoms with Crippen molar-refractivity contribution in [2.45, 2.75) is 6.42 Å². The van der Waals surface area contributed by atoms with Crippen LogP contribution in [-0.4, -0.2) is 16.4 Å². The molecule has 0 aliphatic rings. The summed E-state index contributed by atoms with van der Waals surface area (Å²) in [5, 5.41) is 9.80. The molecule has 0 fully saturated rings. The number of rotatable bonds is 2. The quantitative estimate of drug-likeness (QED) is 0.671. The van der Waals surface area contributed by atoms with Gasteiger partial charge in [0.05, 0.1) is 11.8 Å². The SMILES string of the molecule is O=C(O)Cc1ccc(Cl)cc1C#CCBr. The number of halogens is 2. The molecule has 0 aliphatic carbocycles. The van der Waals surface area contributed by atoms with Gasteiger partial charge in [-0.3, -0.25) is 4.79 Å². The van der Waals surface area contributed by atoms with Gasteiger partial charge in [0.25, 0.3) is 0 Å². The van der Waals surface area contributed by atoms with Gasteiger partial charge in [-0.2, -0.15) is 0 Å². The summed E-state index contributed by atoms with van der Waals surface area (Å²) in [4.78, 5) is 10.6. The second-order valence-electron chi connectivity index (χ2n) is 2.81. The number of alkyl halides is 1. The molecule has 0 bridgehead atoms. The highest BCUT2D eigenvalue weighted by Crippen LogP contribution is 2.16. The zero-order chi connectivity index (χ0) is 11.3. The molecular weight excluding hydrogens is 279 g/mol. The van der Waals surface area contributed by atoms with E-state index < -0.39 is 5.97 Å². The Hall–Kier alpha value is -0.980. The molecule has 1 aromatic rings. The minimum atomic E-state index is -0.876. The van der Waals surface area contributed by atoms with E-state index in [2.05, 4.69) is 27.8 Å². The summed E-state index contributed by atoms with van der Waals surface area (Å²) in [7, 11) is 0. The number of carbonyl (C=O) groups is 1. The summed E-state index contributed by atoms with van der Waals surface area (Å²) in [6, 6.07) is 5.03. The van der Waals surface area contributed by atoms with Crippen LogP contribution in [0.3, 0.4) is 0 Å². The Balaban J connectivity index is 3.08. The third-order valence-electron chi connectivity index (χ3n) is 1.70. The maximum Gasteiger partial charge on any atom is 0.307 e. The van der Waals surface area contributed by atoms with Crippen molar-refractivity contribution in [1.29, 1.82) is 0 Å². The third kappa shape index (κ3) is 3.94. The maximum atomic E-state index is 10.6. The van der Waals surface area contributed by atoms with Crippen molar-refractivity contribution in [2.24, 2.45) is 0 Å². The Labute approximate surface area is 101 Å². The molecule has 0 spiro atoms. The molecule has 0 saturated heterocycles. The lowest BCUT2D eigenvalue weighted by molar-refractivity contribution is -0.136. The predicted octanol–water partition coefficient (Wildman–Crippen LogP) is 2.71. The van der Waals surface area contributed by atoms with Crippen LogP contribution in [0.15, 0.2) is 18.2 Å². The van der Waals surface area contributed by atoms with Crippen molar-refractivity contribution in [3.8, 4) is 11.8 Å². The van der Waals surface area contributed by atoms with Crippen LogP contribution >= 0.6 is 27.5 Å². The van der Waals surface area contributed by atoms with Gasteiger partial charge in [-0.1, -0.05) is 45.4 Å². The van der Waals surface area contributed by atoms with Crippen molar-refractivity contribution in [1.82, 2.24) is 0 Å². The Morgan fingerprint density at radius 3 is 2.87 bits per heavy atom. The zero-order valence-electron chi connectivity index (χ0n) is 7.76. The van der Waals surface area contributed by atoms with E-state index in [1.807, 2.05) is 0 Å². The van der Waals surface area contributed by atoms with E-state index in [4.69, 9.17) is 16.7 Å². The topological polar surface area (TPSA) is 37.3 Å². The molecular formula is C11H8BrClO2. The molecule has 0 radical (unpaired) electrons. The minimum absolute atomic E-state index is 0.0382. The van der Waals surface area contributed by atoms with Crippen LogP contribution in [0, 0.1) is 11.8 Å². The summed E-state index contributed by atoms with van der Waals surface area (Å²) < 4.78 is 0. The molecule has 1 aromatic carbocycles. The van der Waals surface area contributed by atoms with Gasteiger partial charge in [-0.15, -0.1) is 0 Å². The van der Waals surface area contributed by atoms with Crippen LogP contribution in [-0.2, 0) is 11.2 Å². The lowest BCUT2D eigenvalue weighted by Crippen LogP contribution is -2.02. The van der Waals surface area contributed by atoms with Crippen LogP contribution in [0.25, 0.3) is 0 Å². The second kappa shape index (κ2) is 5.79. The minimum Gasteiger partial charge on any atom is -0.481 e. The first kappa shape index (κ1) is 12.1. The van der Waals surface area contributed by atoms with Gasteiger partial charge in [0, 0.05) is 10.6 Å². The normalized spacial score (nSPS) is 9.20. The first-order valence-corrected chi connectivity index (χ1v) is 5.68. The lowest BCUT2D eigenvalue weighted by atomic mass is 10.1. The maximum absolute atomic E-state index is 10.6. The van der Waals surface area contributed by atoms with Gasteiger partial charge in [-0.05, 0) is 17.7 Å². The van der Waals surface area contributed by atoms with Crippen molar-refractivity contribution >= 4 is 33.5 Å². The predicted molar refractivity (Wildman–Crippen MR) is 63.5 cm³/mol. The summed E-state index contributed by atoms with van der Waals surface area (Å²) in [6.45, 7) is 0. The average Bonchev–Trinajstić information content (AvgIpc) is 2.18.